The van der Waals surface area contributed by atoms with Crippen LogP contribution in [0.2, 0.25) is 0 Å². The number of hydrogen-bond acceptors (Lipinski definition) is 8. The van der Waals surface area contributed by atoms with E-state index in [1.54, 1.807) is 84.9 Å². The van der Waals surface area contributed by atoms with Crippen LogP contribution in [0.4, 0.5) is 0 Å². The van der Waals surface area contributed by atoms with E-state index in [2.05, 4.69) is 5.32 Å². The summed E-state index contributed by atoms with van der Waals surface area (Å²) in [6.45, 7) is 3.12. The molecule has 0 spiro atoms. The number of rotatable bonds is 9. The summed E-state index contributed by atoms with van der Waals surface area (Å²) in [4.78, 5) is 51.8. The van der Waals surface area contributed by atoms with Crippen LogP contribution in [0.15, 0.2) is 96.2 Å². The quantitative estimate of drug-likeness (QED) is 0.0988. The average molecular weight is 569 g/mol. The third-order valence-electron chi connectivity index (χ3n) is 6.25. The first-order valence-electron chi connectivity index (χ1n) is 12.0. The van der Waals surface area contributed by atoms with Crippen molar-refractivity contribution >= 4 is 34.8 Å². The van der Waals surface area contributed by atoms with Crippen molar-refractivity contribution < 1.29 is 61.9 Å². The average Bonchev–Trinajstić information content (AvgIpc) is 2.95. The molecule has 3 aromatic carbocycles. The van der Waals surface area contributed by atoms with Gasteiger partial charge in [-0.1, -0.05) is 89.1 Å². The molecular formula is C29H25N2NaO7S. The van der Waals surface area contributed by atoms with Crippen molar-refractivity contribution in [3.05, 3.63) is 118 Å². The van der Waals surface area contributed by atoms with Gasteiger partial charge in [-0.2, -0.15) is 0 Å². The second-order valence-electron chi connectivity index (χ2n) is 8.93. The molecule has 1 aliphatic rings. The van der Waals surface area contributed by atoms with Gasteiger partial charge in [-0.05, 0) is 37.1 Å². The maximum absolute atomic E-state index is 13.5. The van der Waals surface area contributed by atoms with Crippen LogP contribution in [0.3, 0.4) is 0 Å². The minimum absolute atomic E-state index is 0. The van der Waals surface area contributed by atoms with Crippen molar-refractivity contribution in [3.63, 3.8) is 0 Å². The number of carbonyl (C=O) groups is 4. The number of nitrogens with zero attached hydrogens (tertiary/aromatic N) is 1. The Balaban J connectivity index is 0.00000441. The van der Waals surface area contributed by atoms with Crippen LogP contribution in [0.5, 0.6) is 0 Å². The maximum Gasteiger partial charge on any atom is 1.00 e. The molecule has 3 aromatic rings. The summed E-state index contributed by atoms with van der Waals surface area (Å²) in [5.41, 5.74) is 1.69. The van der Waals surface area contributed by atoms with Gasteiger partial charge in [-0.25, -0.2) is 4.79 Å². The van der Waals surface area contributed by atoms with Gasteiger partial charge in [0.05, 0.1) is 0 Å². The van der Waals surface area contributed by atoms with Gasteiger partial charge in [0.2, 0.25) is 5.91 Å². The fraction of sp³-hybridized carbons (Fsp3) is 0.172. The Morgan fingerprint density at radius 3 is 1.93 bits per heavy atom. The Hall–Kier alpha value is -3.57. The molecule has 1 heterocycles. The summed E-state index contributed by atoms with van der Waals surface area (Å²) < 4.78 is 30.2. The van der Waals surface area contributed by atoms with Crippen molar-refractivity contribution in [1.82, 2.24) is 10.2 Å². The van der Waals surface area contributed by atoms with E-state index in [0.29, 0.717) is 22.3 Å². The van der Waals surface area contributed by atoms with Gasteiger partial charge in [0, 0.05) is 16.5 Å². The van der Waals surface area contributed by atoms with Crippen LogP contribution in [0, 0.1) is 6.92 Å². The van der Waals surface area contributed by atoms with Crippen molar-refractivity contribution in [2.75, 3.05) is 0 Å². The summed E-state index contributed by atoms with van der Waals surface area (Å²) in [7, 11) is -2.94. The molecule has 200 valence electrons. The van der Waals surface area contributed by atoms with E-state index in [0.717, 1.165) is 5.56 Å². The Labute approximate surface area is 255 Å². The van der Waals surface area contributed by atoms with E-state index in [1.165, 1.54) is 6.92 Å². The third-order valence-corrected chi connectivity index (χ3v) is 7.13. The fourth-order valence-electron chi connectivity index (χ4n) is 4.21. The number of likely N-dealkylation sites (tertiary alicyclic amines) is 1. The molecule has 1 N–H and O–H groups in total. The van der Waals surface area contributed by atoms with Crippen molar-refractivity contribution in [2.24, 2.45) is 0 Å². The predicted octanol–water partition coefficient (Wildman–Crippen LogP) is 0.381. The monoisotopic (exact) mass is 568 g/mol. The topological polar surface area (TPSA) is 127 Å². The first kappa shape index (κ1) is 31.0. The van der Waals surface area contributed by atoms with E-state index >= 15 is 0 Å². The molecular weight excluding hydrogens is 543 g/mol. The minimum Gasteiger partial charge on any atom is -0.448 e. The van der Waals surface area contributed by atoms with Gasteiger partial charge in [0.1, 0.15) is 18.0 Å². The van der Waals surface area contributed by atoms with E-state index < -0.39 is 51.7 Å². The smallest absolute Gasteiger partial charge is 0.448 e. The van der Waals surface area contributed by atoms with Crippen molar-refractivity contribution in [3.8, 4) is 0 Å². The van der Waals surface area contributed by atoms with Gasteiger partial charge in [0.15, 0.2) is 6.10 Å². The molecule has 2 unspecified atom stereocenters. The Morgan fingerprint density at radius 1 is 0.925 bits per heavy atom. The second kappa shape index (κ2) is 13.7. The zero-order valence-corrected chi connectivity index (χ0v) is 24.9. The molecule has 4 rings (SSSR count). The fourth-order valence-corrected chi connectivity index (χ4v) is 5.00. The molecule has 0 aromatic heterocycles. The number of aryl methyl sites for hydroxylation is 1. The van der Waals surface area contributed by atoms with Crippen molar-refractivity contribution in [1.29, 1.82) is 0 Å². The molecule has 0 bridgehead atoms. The number of nitrogens with one attached hydrogen (secondary N) is 1. The SMILES string of the molecule is CC(C=O)=C(C(=O)OC(c1ccccc1)c1ccccc1)N1C(=O)C(NC(=O)c2ccc(C)cc2)C1[S-](=O)=O.[Na+]. The van der Waals surface area contributed by atoms with E-state index in [9.17, 15) is 27.6 Å². The van der Waals surface area contributed by atoms with E-state index in [4.69, 9.17) is 4.74 Å². The maximum atomic E-state index is 13.5. The summed E-state index contributed by atoms with van der Waals surface area (Å²) in [5.74, 6) is -2.59. The van der Waals surface area contributed by atoms with Crippen LogP contribution in [0.25, 0.3) is 0 Å². The van der Waals surface area contributed by atoms with E-state index in [-0.39, 0.29) is 40.7 Å². The number of allylic oxidation sites excluding steroid dienone is 1. The molecule has 11 heteroatoms. The molecule has 40 heavy (non-hydrogen) atoms. The number of esters is 1. The van der Waals surface area contributed by atoms with Crippen LogP contribution in [-0.4, -0.2) is 40.4 Å². The third kappa shape index (κ3) is 6.59. The number of carbonyl (C=O) groups excluding carboxylic acids is 4. The van der Waals surface area contributed by atoms with Crippen molar-refractivity contribution in [2.45, 2.75) is 31.4 Å². The number of aldehydes is 1. The summed E-state index contributed by atoms with van der Waals surface area (Å²) >= 11 is 0. The Kier molecular flexibility index (Phi) is 10.6. The summed E-state index contributed by atoms with van der Waals surface area (Å²) in [5, 5.41) is 0.792. The molecule has 1 fully saturated rings. The van der Waals surface area contributed by atoms with Gasteiger partial charge < -0.3 is 23.4 Å². The van der Waals surface area contributed by atoms with Crippen LogP contribution in [-0.2, 0) is 38.2 Å². The molecule has 9 nitrogen and oxygen atoms in total. The number of β-lactam (4-membered cyclic amide) rings is 1. The normalized spacial score (nSPS) is 16.9. The molecule has 0 saturated carbocycles. The standard InChI is InChI=1S/C29H25N2O7S.Na/c1-18-13-15-22(16-14-18)26(33)30-23-27(34)31(28(23)39(36)37)24(19(2)17-32)29(35)38-25(20-9-5-3-6-10-20)21-11-7-4-8-12-21;/h3-17,23,25,28H,1-2H3,(H,30,33);/q-1;+1. The second-order valence-corrected chi connectivity index (χ2v) is 9.94. The molecule has 2 atom stereocenters. The minimum atomic E-state index is -2.94. The first-order chi connectivity index (χ1) is 18.7. The zero-order chi connectivity index (χ0) is 28.1. The number of benzene rings is 3. The van der Waals surface area contributed by atoms with Crippen LogP contribution >= 0.6 is 0 Å². The molecule has 1 saturated heterocycles. The Morgan fingerprint density at radius 2 is 1.45 bits per heavy atom. The largest absolute Gasteiger partial charge is 1.00 e. The van der Waals surface area contributed by atoms with Gasteiger partial charge >= 0.3 is 35.5 Å². The van der Waals surface area contributed by atoms with Gasteiger partial charge in [-0.15, -0.1) is 0 Å². The number of ether oxygens (including phenoxy) is 1. The molecule has 1 aliphatic heterocycles. The zero-order valence-electron chi connectivity index (χ0n) is 22.1. The van der Waals surface area contributed by atoms with E-state index in [1.807, 2.05) is 6.92 Å². The first-order valence-corrected chi connectivity index (χ1v) is 13.1. The van der Waals surface area contributed by atoms with Gasteiger partial charge in [-0.3, -0.25) is 14.4 Å². The molecule has 0 aliphatic carbocycles. The molecule has 0 radical (unpaired) electrons. The van der Waals surface area contributed by atoms with Crippen LogP contribution in [0.1, 0.15) is 40.1 Å². The van der Waals surface area contributed by atoms with Crippen LogP contribution < -0.4 is 34.9 Å². The summed E-state index contributed by atoms with van der Waals surface area (Å²) in [6, 6.07) is 22.7. The number of amides is 2. The summed E-state index contributed by atoms with van der Waals surface area (Å²) in [6.07, 6.45) is -0.564. The van der Waals surface area contributed by atoms with Gasteiger partial charge in [0.25, 0.3) is 5.91 Å². The molecule has 2 amide bonds. The predicted molar refractivity (Wildman–Crippen MR) is 141 cm³/mol. The number of hydrogen-bond donors (Lipinski definition) is 1. The Bertz CT molecular complexity index is 1460.